The van der Waals surface area contributed by atoms with Gasteiger partial charge < -0.3 is 4.90 Å². The van der Waals surface area contributed by atoms with E-state index in [1.54, 1.807) is 30.5 Å². The van der Waals surface area contributed by atoms with E-state index in [0.717, 1.165) is 14.9 Å². The van der Waals surface area contributed by atoms with Crippen molar-refractivity contribution >= 4 is 38.1 Å². The van der Waals surface area contributed by atoms with Crippen molar-refractivity contribution in [3.63, 3.8) is 0 Å². The summed E-state index contributed by atoms with van der Waals surface area (Å²) in [4.78, 5) is 13.4. The molecule has 28 heavy (non-hydrogen) atoms. The van der Waals surface area contributed by atoms with Crippen LogP contribution in [0.2, 0.25) is 0 Å². The molecule has 1 aliphatic heterocycles. The number of quaternary nitrogens is 1. The summed E-state index contributed by atoms with van der Waals surface area (Å²) in [7, 11) is -3.50. The van der Waals surface area contributed by atoms with Crippen molar-refractivity contribution in [3.05, 3.63) is 64.6 Å². The second-order valence-corrected chi connectivity index (χ2v) is 9.34. The number of carbonyl (C=O) groups is 1. The van der Waals surface area contributed by atoms with Gasteiger partial charge in [-0.3, -0.25) is 4.79 Å². The Morgan fingerprint density at radius 2 is 1.75 bits per heavy atom. The first-order valence-corrected chi connectivity index (χ1v) is 11.1. The highest BCUT2D eigenvalue weighted by molar-refractivity contribution is 9.10. The van der Waals surface area contributed by atoms with Crippen LogP contribution < -0.4 is 10.3 Å². The molecule has 148 valence electrons. The topological polar surface area (TPSA) is 83.3 Å². The number of nitrogens with one attached hydrogen (secondary N) is 2. The first-order chi connectivity index (χ1) is 13.4. The van der Waals surface area contributed by atoms with E-state index in [4.69, 9.17) is 0 Å². The van der Waals surface area contributed by atoms with Crippen LogP contribution in [0.5, 0.6) is 0 Å². The molecule has 1 amide bonds. The van der Waals surface area contributed by atoms with Crippen LogP contribution in [-0.4, -0.2) is 57.6 Å². The predicted molar refractivity (Wildman–Crippen MR) is 111 cm³/mol. The van der Waals surface area contributed by atoms with Crippen LogP contribution in [0.4, 0.5) is 0 Å². The molecule has 0 radical (unpaired) electrons. The van der Waals surface area contributed by atoms with Crippen molar-refractivity contribution in [2.75, 3.05) is 32.7 Å². The zero-order valence-corrected chi connectivity index (χ0v) is 17.6. The van der Waals surface area contributed by atoms with E-state index in [2.05, 4.69) is 26.5 Å². The third-order valence-electron chi connectivity index (χ3n) is 4.49. The Morgan fingerprint density at radius 1 is 1.11 bits per heavy atom. The van der Waals surface area contributed by atoms with Crippen molar-refractivity contribution in [1.82, 2.24) is 9.73 Å². The van der Waals surface area contributed by atoms with E-state index in [1.165, 1.54) is 4.31 Å². The van der Waals surface area contributed by atoms with Gasteiger partial charge in [0.05, 0.1) is 37.3 Å². The molecule has 2 N–H and O–H groups in total. The fourth-order valence-corrected chi connectivity index (χ4v) is 4.67. The molecule has 0 unspecified atom stereocenters. The summed E-state index contributed by atoms with van der Waals surface area (Å²) in [5, 5.41) is 3.96. The lowest BCUT2D eigenvalue weighted by Crippen LogP contribution is -3.15. The Kier molecular flexibility index (Phi) is 6.95. The molecule has 1 heterocycles. The number of sulfonamides is 1. The summed E-state index contributed by atoms with van der Waals surface area (Å²) in [6, 6.07) is 16.1. The molecule has 0 saturated carbocycles. The van der Waals surface area contributed by atoms with E-state index in [1.807, 2.05) is 30.3 Å². The molecule has 0 aliphatic carbocycles. The Bertz CT molecular complexity index is 925. The number of carbonyl (C=O) groups excluding carboxylic acids is 1. The normalized spacial score (nSPS) is 16.3. The molecular weight excluding hydrogens is 444 g/mol. The lowest BCUT2D eigenvalue weighted by atomic mass is 10.2. The Labute approximate surface area is 173 Å². The summed E-state index contributed by atoms with van der Waals surface area (Å²) in [5.41, 5.74) is 3.43. The van der Waals surface area contributed by atoms with Crippen molar-refractivity contribution in [2.24, 2.45) is 5.10 Å². The van der Waals surface area contributed by atoms with E-state index in [-0.39, 0.29) is 17.3 Å². The average molecular weight is 466 g/mol. The van der Waals surface area contributed by atoms with Gasteiger partial charge in [0, 0.05) is 4.47 Å². The van der Waals surface area contributed by atoms with E-state index < -0.39 is 10.0 Å². The molecule has 9 heteroatoms. The van der Waals surface area contributed by atoms with Gasteiger partial charge in [-0.25, -0.2) is 13.8 Å². The average Bonchev–Trinajstić information content (AvgIpc) is 2.69. The number of halogens is 1. The SMILES string of the molecule is O=C(C[NH+]1CCN(S(=O)(=O)c2ccc(Br)cc2)CC1)NN=Cc1ccccc1. The third kappa shape index (κ3) is 5.48. The molecule has 1 fully saturated rings. The zero-order valence-electron chi connectivity index (χ0n) is 15.2. The Hall–Kier alpha value is -2.07. The van der Waals surface area contributed by atoms with Gasteiger partial charge in [-0.15, -0.1) is 0 Å². The molecule has 0 bridgehead atoms. The number of piperazine rings is 1. The van der Waals surface area contributed by atoms with Gasteiger partial charge in [0.25, 0.3) is 5.91 Å². The van der Waals surface area contributed by atoms with Crippen LogP contribution in [0.25, 0.3) is 0 Å². The fourth-order valence-electron chi connectivity index (χ4n) is 2.96. The van der Waals surface area contributed by atoms with Gasteiger partial charge >= 0.3 is 0 Å². The van der Waals surface area contributed by atoms with Crippen LogP contribution in [0.15, 0.2) is 69.1 Å². The summed E-state index contributed by atoms with van der Waals surface area (Å²) >= 11 is 3.31. The van der Waals surface area contributed by atoms with Crippen LogP contribution in [0.3, 0.4) is 0 Å². The second kappa shape index (κ2) is 9.42. The van der Waals surface area contributed by atoms with Crippen LogP contribution in [-0.2, 0) is 14.8 Å². The first-order valence-electron chi connectivity index (χ1n) is 8.91. The number of nitrogens with zero attached hydrogens (tertiary/aromatic N) is 2. The summed E-state index contributed by atoms with van der Waals surface area (Å²) in [6.07, 6.45) is 1.59. The van der Waals surface area contributed by atoms with Gasteiger partial charge in [0.15, 0.2) is 6.54 Å². The van der Waals surface area contributed by atoms with E-state index in [9.17, 15) is 13.2 Å². The van der Waals surface area contributed by atoms with Crippen molar-refractivity contribution in [2.45, 2.75) is 4.90 Å². The van der Waals surface area contributed by atoms with Crippen molar-refractivity contribution in [1.29, 1.82) is 0 Å². The van der Waals surface area contributed by atoms with Crippen molar-refractivity contribution in [3.8, 4) is 0 Å². The van der Waals surface area contributed by atoms with Gasteiger partial charge in [-0.1, -0.05) is 46.3 Å². The molecule has 0 aromatic heterocycles. The maximum Gasteiger partial charge on any atom is 0.295 e. The lowest BCUT2D eigenvalue weighted by molar-refractivity contribution is -0.895. The molecule has 3 rings (SSSR count). The standard InChI is InChI=1S/C19H21BrN4O3S/c20-17-6-8-18(9-7-17)28(26,27)24-12-10-23(11-13-24)15-19(25)22-21-14-16-4-2-1-3-5-16/h1-9,14H,10-13,15H2,(H,22,25)/p+1. The first kappa shape index (κ1) is 20.7. The summed E-state index contributed by atoms with van der Waals surface area (Å²) in [6.45, 7) is 2.18. The third-order valence-corrected chi connectivity index (χ3v) is 6.94. The predicted octanol–water partition coefficient (Wildman–Crippen LogP) is 0.489. The van der Waals surface area contributed by atoms with E-state index >= 15 is 0 Å². The van der Waals surface area contributed by atoms with Crippen LogP contribution >= 0.6 is 15.9 Å². The highest BCUT2D eigenvalue weighted by Crippen LogP contribution is 2.18. The number of hydrazone groups is 1. The molecule has 0 spiro atoms. The molecule has 0 atom stereocenters. The number of benzene rings is 2. The number of hydrogen-bond acceptors (Lipinski definition) is 4. The van der Waals surface area contributed by atoms with Gasteiger partial charge in [-0.05, 0) is 29.8 Å². The Balaban J connectivity index is 1.48. The quantitative estimate of drug-likeness (QED) is 0.480. The molecule has 2 aromatic carbocycles. The maximum atomic E-state index is 12.7. The second-order valence-electron chi connectivity index (χ2n) is 6.49. The minimum absolute atomic E-state index is 0.189. The zero-order chi connectivity index (χ0) is 20.0. The van der Waals surface area contributed by atoms with Gasteiger partial charge in [0.1, 0.15) is 0 Å². The van der Waals surface area contributed by atoms with E-state index in [0.29, 0.717) is 26.2 Å². The largest absolute Gasteiger partial charge is 0.325 e. The molecular formula is C19H22BrN4O3S+. The minimum Gasteiger partial charge on any atom is -0.325 e. The van der Waals surface area contributed by atoms with Gasteiger partial charge in [0.2, 0.25) is 10.0 Å². The molecule has 7 nitrogen and oxygen atoms in total. The molecule has 1 saturated heterocycles. The van der Waals surface area contributed by atoms with Crippen LogP contribution in [0, 0.1) is 0 Å². The van der Waals surface area contributed by atoms with Gasteiger partial charge in [-0.2, -0.15) is 9.41 Å². The summed E-state index contributed by atoms with van der Waals surface area (Å²) in [5.74, 6) is -0.189. The molecule has 2 aromatic rings. The fraction of sp³-hybridized carbons (Fsp3) is 0.263. The number of rotatable bonds is 6. The van der Waals surface area contributed by atoms with Crippen LogP contribution in [0.1, 0.15) is 5.56 Å². The highest BCUT2D eigenvalue weighted by Gasteiger charge is 2.31. The number of amides is 1. The maximum absolute atomic E-state index is 12.7. The Morgan fingerprint density at radius 3 is 2.39 bits per heavy atom. The summed E-state index contributed by atoms with van der Waals surface area (Å²) < 4.78 is 27.7. The smallest absolute Gasteiger partial charge is 0.295 e. The lowest BCUT2D eigenvalue weighted by Gasteiger charge is -2.31. The van der Waals surface area contributed by atoms with Crippen molar-refractivity contribution < 1.29 is 18.1 Å². The monoisotopic (exact) mass is 465 g/mol. The minimum atomic E-state index is -3.50. The number of hydrogen-bond donors (Lipinski definition) is 2. The highest BCUT2D eigenvalue weighted by atomic mass is 79.9. The molecule has 1 aliphatic rings.